The lowest BCUT2D eigenvalue weighted by atomic mass is 10.0. The average molecular weight is 429 g/mol. The fraction of sp³-hybridized carbons (Fsp3) is 0.435. The standard InChI is InChI=1S/C23H28N2O2S2/c1-2-3-12-25-13-10-17(11-14-25)24-23(26)22-19(16-29-21-9-6-15-28-21)18-7-4-5-8-20(18)27-22/h4-9,15,17H,2-3,10-14,16H2,1H3,(H,24,26). The summed E-state index contributed by atoms with van der Waals surface area (Å²) >= 11 is 3.48. The van der Waals surface area contributed by atoms with Crippen LogP contribution in [-0.2, 0) is 5.75 Å². The van der Waals surface area contributed by atoms with Crippen LogP contribution in [0.15, 0.2) is 50.4 Å². The summed E-state index contributed by atoms with van der Waals surface area (Å²) in [6, 6.07) is 12.3. The van der Waals surface area contributed by atoms with Gasteiger partial charge in [-0.15, -0.1) is 23.1 Å². The fourth-order valence-electron chi connectivity index (χ4n) is 3.85. The molecule has 0 aliphatic carbocycles. The highest BCUT2D eigenvalue weighted by Crippen LogP contribution is 2.33. The number of likely N-dealkylation sites (tertiary alicyclic amines) is 1. The highest BCUT2D eigenvalue weighted by Gasteiger charge is 2.25. The summed E-state index contributed by atoms with van der Waals surface area (Å²) in [5, 5.41) is 6.36. The zero-order valence-corrected chi connectivity index (χ0v) is 18.5. The number of unbranched alkanes of at least 4 members (excludes halogenated alkanes) is 1. The van der Waals surface area contributed by atoms with Crippen LogP contribution >= 0.6 is 23.1 Å². The number of furan rings is 1. The zero-order chi connectivity index (χ0) is 20.1. The molecule has 1 aliphatic heterocycles. The van der Waals surface area contributed by atoms with Crippen LogP contribution in [0.25, 0.3) is 11.0 Å². The van der Waals surface area contributed by atoms with E-state index < -0.39 is 0 Å². The van der Waals surface area contributed by atoms with Gasteiger partial charge >= 0.3 is 0 Å². The summed E-state index contributed by atoms with van der Waals surface area (Å²) in [7, 11) is 0. The summed E-state index contributed by atoms with van der Waals surface area (Å²) < 4.78 is 7.27. The molecular weight excluding hydrogens is 400 g/mol. The molecule has 1 aliphatic rings. The zero-order valence-electron chi connectivity index (χ0n) is 16.9. The molecule has 1 amide bonds. The van der Waals surface area contributed by atoms with E-state index in [9.17, 15) is 4.79 Å². The van der Waals surface area contributed by atoms with Gasteiger partial charge in [0.2, 0.25) is 0 Å². The van der Waals surface area contributed by atoms with E-state index in [-0.39, 0.29) is 11.9 Å². The second kappa shape index (κ2) is 9.83. The fourth-order valence-corrected chi connectivity index (χ4v) is 5.66. The van der Waals surface area contributed by atoms with E-state index in [2.05, 4.69) is 34.7 Å². The Labute approximate surface area is 180 Å². The summed E-state index contributed by atoms with van der Waals surface area (Å²) in [4.78, 5) is 15.6. The second-order valence-corrected chi connectivity index (χ2v) is 9.79. The van der Waals surface area contributed by atoms with Crippen LogP contribution in [0.4, 0.5) is 0 Å². The van der Waals surface area contributed by atoms with Gasteiger partial charge in [0.25, 0.3) is 5.91 Å². The third-order valence-electron chi connectivity index (χ3n) is 5.51. The number of piperidine rings is 1. The molecule has 0 atom stereocenters. The Kier molecular flexibility index (Phi) is 6.95. The molecule has 1 fully saturated rings. The maximum atomic E-state index is 13.1. The Morgan fingerprint density at radius 1 is 1.24 bits per heavy atom. The van der Waals surface area contributed by atoms with Gasteiger partial charge in [-0.1, -0.05) is 37.6 Å². The predicted molar refractivity (Wildman–Crippen MR) is 122 cm³/mol. The molecule has 0 radical (unpaired) electrons. The number of carbonyl (C=O) groups excluding carboxylic acids is 1. The number of fused-ring (bicyclic) bond motifs is 1. The first-order chi connectivity index (χ1) is 14.2. The molecule has 3 heterocycles. The van der Waals surface area contributed by atoms with Crippen molar-refractivity contribution in [1.82, 2.24) is 10.2 Å². The quantitative estimate of drug-likeness (QED) is 0.462. The summed E-state index contributed by atoms with van der Waals surface area (Å²) in [5.74, 6) is 1.13. The van der Waals surface area contributed by atoms with Gasteiger partial charge in [0, 0.05) is 35.8 Å². The molecule has 1 N–H and O–H groups in total. The first kappa shape index (κ1) is 20.5. The number of hydrogen-bond acceptors (Lipinski definition) is 5. The van der Waals surface area contributed by atoms with Crippen molar-refractivity contribution in [2.45, 2.75) is 48.6 Å². The van der Waals surface area contributed by atoms with Crippen LogP contribution in [-0.4, -0.2) is 36.5 Å². The van der Waals surface area contributed by atoms with Gasteiger partial charge in [-0.2, -0.15) is 0 Å². The minimum absolute atomic E-state index is 0.0741. The molecule has 3 aromatic rings. The Hall–Kier alpha value is -1.76. The van der Waals surface area contributed by atoms with E-state index in [1.54, 1.807) is 23.1 Å². The van der Waals surface area contributed by atoms with Crippen molar-refractivity contribution in [3.63, 3.8) is 0 Å². The average Bonchev–Trinajstić information content (AvgIpc) is 3.39. The smallest absolute Gasteiger partial charge is 0.287 e. The van der Waals surface area contributed by atoms with Gasteiger partial charge in [0.1, 0.15) is 5.58 Å². The number of hydrogen-bond donors (Lipinski definition) is 1. The van der Waals surface area contributed by atoms with Crippen molar-refractivity contribution in [3.05, 3.63) is 53.1 Å². The number of nitrogens with one attached hydrogen (secondary N) is 1. The van der Waals surface area contributed by atoms with E-state index >= 15 is 0 Å². The summed E-state index contributed by atoms with van der Waals surface area (Å²) in [6.07, 6.45) is 4.50. The van der Waals surface area contributed by atoms with E-state index in [4.69, 9.17) is 4.42 Å². The number of amides is 1. The van der Waals surface area contributed by atoms with Crippen LogP contribution in [0.1, 0.15) is 48.7 Å². The monoisotopic (exact) mass is 428 g/mol. The molecule has 0 bridgehead atoms. The van der Waals surface area contributed by atoms with Crippen LogP contribution in [0.3, 0.4) is 0 Å². The molecule has 2 aromatic heterocycles. The number of thiophene rings is 1. The van der Waals surface area contributed by atoms with Crippen molar-refractivity contribution in [2.24, 2.45) is 0 Å². The lowest BCUT2D eigenvalue weighted by Gasteiger charge is -2.32. The second-order valence-electron chi connectivity index (χ2n) is 7.57. The molecule has 4 nitrogen and oxygen atoms in total. The molecule has 0 saturated carbocycles. The molecule has 1 saturated heterocycles. The van der Waals surface area contributed by atoms with Crippen molar-refractivity contribution < 1.29 is 9.21 Å². The van der Waals surface area contributed by atoms with Gasteiger partial charge < -0.3 is 14.6 Å². The van der Waals surface area contributed by atoms with Crippen molar-refractivity contribution in [2.75, 3.05) is 19.6 Å². The molecule has 4 rings (SSSR count). The van der Waals surface area contributed by atoms with Crippen molar-refractivity contribution in [1.29, 1.82) is 0 Å². The minimum Gasteiger partial charge on any atom is -0.451 e. The maximum Gasteiger partial charge on any atom is 0.287 e. The normalized spacial score (nSPS) is 15.8. The Morgan fingerprint density at radius 3 is 2.83 bits per heavy atom. The maximum absolute atomic E-state index is 13.1. The Bertz CT molecular complexity index is 928. The topological polar surface area (TPSA) is 45.5 Å². The largest absolute Gasteiger partial charge is 0.451 e. The van der Waals surface area contributed by atoms with E-state index in [0.717, 1.165) is 48.2 Å². The number of benzene rings is 1. The highest BCUT2D eigenvalue weighted by molar-refractivity contribution is 8.00. The first-order valence-electron chi connectivity index (χ1n) is 10.4. The number of rotatable bonds is 8. The molecule has 154 valence electrons. The van der Waals surface area contributed by atoms with Crippen LogP contribution in [0.5, 0.6) is 0 Å². The predicted octanol–water partition coefficient (Wildman–Crippen LogP) is 5.78. The number of carbonyl (C=O) groups is 1. The third-order valence-corrected chi connectivity index (χ3v) is 7.67. The molecule has 29 heavy (non-hydrogen) atoms. The molecule has 0 unspecified atom stereocenters. The van der Waals surface area contributed by atoms with E-state index in [1.807, 2.05) is 24.3 Å². The molecule has 6 heteroatoms. The Morgan fingerprint density at radius 2 is 2.07 bits per heavy atom. The van der Waals surface area contributed by atoms with Crippen LogP contribution in [0, 0.1) is 0 Å². The van der Waals surface area contributed by atoms with Gasteiger partial charge in [-0.25, -0.2) is 0 Å². The molecule has 1 aromatic carbocycles. The lowest BCUT2D eigenvalue weighted by molar-refractivity contribution is 0.0884. The number of nitrogens with zero attached hydrogens (tertiary/aromatic N) is 1. The van der Waals surface area contributed by atoms with E-state index in [0.29, 0.717) is 5.76 Å². The Balaban J connectivity index is 1.45. The molecule has 0 spiro atoms. The SMILES string of the molecule is CCCCN1CCC(NC(=O)c2oc3ccccc3c2CSc2cccs2)CC1. The van der Waals surface area contributed by atoms with Gasteiger partial charge in [0.05, 0.1) is 4.21 Å². The first-order valence-corrected chi connectivity index (χ1v) is 12.3. The van der Waals surface area contributed by atoms with Crippen molar-refractivity contribution >= 4 is 40.0 Å². The van der Waals surface area contributed by atoms with Crippen LogP contribution in [0.2, 0.25) is 0 Å². The van der Waals surface area contributed by atoms with Gasteiger partial charge in [-0.3, -0.25) is 4.79 Å². The number of thioether (sulfide) groups is 1. The summed E-state index contributed by atoms with van der Waals surface area (Å²) in [6.45, 7) is 5.53. The highest BCUT2D eigenvalue weighted by atomic mass is 32.2. The number of para-hydroxylation sites is 1. The van der Waals surface area contributed by atoms with E-state index in [1.165, 1.54) is 23.6 Å². The van der Waals surface area contributed by atoms with Gasteiger partial charge in [-0.05, 0) is 43.3 Å². The van der Waals surface area contributed by atoms with Gasteiger partial charge in [0.15, 0.2) is 5.76 Å². The third kappa shape index (κ3) is 5.05. The minimum atomic E-state index is -0.0741. The molecular formula is C23H28N2O2S2. The lowest BCUT2D eigenvalue weighted by Crippen LogP contribution is -2.44. The summed E-state index contributed by atoms with van der Waals surface area (Å²) in [5.41, 5.74) is 1.78. The van der Waals surface area contributed by atoms with Crippen LogP contribution < -0.4 is 5.32 Å². The van der Waals surface area contributed by atoms with Crippen molar-refractivity contribution in [3.8, 4) is 0 Å².